The number of hydrogen-bond donors (Lipinski definition) is 1. The molecular weight excluding hydrogens is 324 g/mol. The first kappa shape index (κ1) is 16.4. The van der Waals surface area contributed by atoms with Gasteiger partial charge in [-0.1, -0.05) is 0 Å². The normalized spacial score (nSPS) is 11.2. The number of rotatable bonds is 6. The van der Waals surface area contributed by atoms with Gasteiger partial charge in [0.15, 0.2) is 9.84 Å². The summed E-state index contributed by atoms with van der Waals surface area (Å²) in [4.78, 5) is 16.2. The molecule has 2 rings (SSSR count). The molecule has 1 N–H and O–H groups in total. The van der Waals surface area contributed by atoms with Crippen LogP contribution >= 0.6 is 11.3 Å². The number of ether oxygens (including phenoxy) is 1. The lowest BCUT2D eigenvalue weighted by atomic mass is 10.2. The molecule has 0 saturated heterocycles. The molecular formula is C14H16N2O4S2. The fourth-order valence-electron chi connectivity index (χ4n) is 1.87. The van der Waals surface area contributed by atoms with Crippen molar-refractivity contribution >= 4 is 27.1 Å². The smallest absolute Gasteiger partial charge is 0.251 e. The van der Waals surface area contributed by atoms with Crippen molar-refractivity contribution in [2.75, 3.05) is 19.9 Å². The van der Waals surface area contributed by atoms with Crippen LogP contribution in [0, 0.1) is 0 Å². The van der Waals surface area contributed by atoms with Gasteiger partial charge in [0.25, 0.3) is 5.91 Å². The highest BCUT2D eigenvalue weighted by Crippen LogP contribution is 2.24. The minimum atomic E-state index is -3.47. The van der Waals surface area contributed by atoms with Gasteiger partial charge >= 0.3 is 0 Å². The summed E-state index contributed by atoms with van der Waals surface area (Å²) in [6.07, 6.45) is 1.71. The first-order valence-corrected chi connectivity index (χ1v) is 9.28. The van der Waals surface area contributed by atoms with Gasteiger partial charge in [0.05, 0.1) is 18.3 Å². The number of benzene rings is 1. The molecule has 0 radical (unpaired) electrons. The summed E-state index contributed by atoms with van der Waals surface area (Å²) in [5, 5.41) is 4.66. The van der Waals surface area contributed by atoms with Crippen LogP contribution in [0.4, 0.5) is 0 Å². The summed E-state index contributed by atoms with van der Waals surface area (Å²) < 4.78 is 28.5. The van der Waals surface area contributed by atoms with Crippen molar-refractivity contribution in [2.24, 2.45) is 0 Å². The van der Waals surface area contributed by atoms with E-state index in [4.69, 9.17) is 4.74 Å². The summed E-state index contributed by atoms with van der Waals surface area (Å²) in [5.41, 5.74) is 2.93. The number of amides is 1. The molecule has 1 aromatic carbocycles. The van der Waals surface area contributed by atoms with Crippen LogP contribution in [0.3, 0.4) is 0 Å². The van der Waals surface area contributed by atoms with Crippen LogP contribution in [0.5, 0.6) is 5.75 Å². The highest BCUT2D eigenvalue weighted by molar-refractivity contribution is 7.90. The van der Waals surface area contributed by atoms with E-state index in [9.17, 15) is 13.2 Å². The zero-order valence-electron chi connectivity index (χ0n) is 12.2. The van der Waals surface area contributed by atoms with Gasteiger partial charge in [-0.15, -0.1) is 11.3 Å². The fraction of sp³-hybridized carbons (Fsp3) is 0.286. The second kappa shape index (κ2) is 6.89. The molecule has 0 saturated carbocycles. The van der Waals surface area contributed by atoms with Gasteiger partial charge in [0, 0.05) is 30.2 Å². The Bertz CT molecular complexity index is 755. The van der Waals surface area contributed by atoms with Crippen molar-refractivity contribution in [1.29, 1.82) is 0 Å². The van der Waals surface area contributed by atoms with Crippen molar-refractivity contribution in [3.63, 3.8) is 0 Å². The van der Waals surface area contributed by atoms with Crippen molar-refractivity contribution < 1.29 is 17.9 Å². The molecule has 118 valence electrons. The zero-order valence-corrected chi connectivity index (χ0v) is 13.8. The van der Waals surface area contributed by atoms with E-state index < -0.39 is 9.84 Å². The minimum absolute atomic E-state index is 0.00199. The number of carbonyl (C=O) groups excluding carboxylic acids is 1. The van der Waals surface area contributed by atoms with Crippen molar-refractivity contribution in [2.45, 2.75) is 11.3 Å². The van der Waals surface area contributed by atoms with Crippen molar-refractivity contribution in [3.8, 4) is 5.75 Å². The monoisotopic (exact) mass is 340 g/mol. The fourth-order valence-corrected chi connectivity index (χ4v) is 3.33. The number of hydrogen-bond acceptors (Lipinski definition) is 6. The van der Waals surface area contributed by atoms with Crippen LogP contribution in [0.1, 0.15) is 16.1 Å². The number of carbonyl (C=O) groups is 1. The molecule has 0 spiro atoms. The lowest BCUT2D eigenvalue weighted by Crippen LogP contribution is -2.26. The van der Waals surface area contributed by atoms with E-state index in [0.717, 1.165) is 11.9 Å². The van der Waals surface area contributed by atoms with Crippen LogP contribution in [0.2, 0.25) is 0 Å². The van der Waals surface area contributed by atoms with Gasteiger partial charge in [-0.05, 0) is 18.2 Å². The summed E-state index contributed by atoms with van der Waals surface area (Å²) >= 11 is 1.50. The Balaban J connectivity index is 2.09. The molecule has 6 nitrogen and oxygen atoms in total. The third-order valence-electron chi connectivity index (χ3n) is 2.98. The van der Waals surface area contributed by atoms with Gasteiger partial charge in [-0.2, -0.15) is 0 Å². The molecule has 22 heavy (non-hydrogen) atoms. The van der Waals surface area contributed by atoms with Gasteiger partial charge in [-0.25, -0.2) is 13.4 Å². The Labute approximate surface area is 133 Å². The second-order valence-electron chi connectivity index (χ2n) is 4.62. The van der Waals surface area contributed by atoms with E-state index in [2.05, 4.69) is 10.3 Å². The van der Waals surface area contributed by atoms with Crippen molar-refractivity contribution in [3.05, 3.63) is 40.3 Å². The Hall–Kier alpha value is -1.93. The van der Waals surface area contributed by atoms with Gasteiger partial charge in [0.1, 0.15) is 10.6 Å². The molecule has 0 aliphatic rings. The molecule has 0 fully saturated rings. The van der Waals surface area contributed by atoms with Crippen LogP contribution in [0.15, 0.2) is 34.0 Å². The Morgan fingerprint density at radius 2 is 2.18 bits per heavy atom. The third kappa shape index (κ3) is 4.05. The van der Waals surface area contributed by atoms with Crippen LogP contribution in [0.25, 0.3) is 0 Å². The Morgan fingerprint density at radius 3 is 2.77 bits per heavy atom. The Morgan fingerprint density at radius 1 is 1.41 bits per heavy atom. The third-order valence-corrected chi connectivity index (χ3v) is 4.73. The maximum Gasteiger partial charge on any atom is 0.251 e. The molecule has 0 unspecified atom stereocenters. The first-order valence-electron chi connectivity index (χ1n) is 6.45. The first-order chi connectivity index (χ1) is 10.4. The topological polar surface area (TPSA) is 85.4 Å². The van der Waals surface area contributed by atoms with Gasteiger partial charge in [-0.3, -0.25) is 4.79 Å². The lowest BCUT2D eigenvalue weighted by Gasteiger charge is -2.09. The predicted octanol–water partition coefficient (Wildman–Crippen LogP) is 1.53. The van der Waals surface area contributed by atoms with E-state index in [0.29, 0.717) is 13.0 Å². The number of nitrogens with zero attached hydrogens (tertiary/aromatic N) is 1. The number of sulfone groups is 1. The standard InChI is InChI=1S/C14H16N2O4S2/c1-20-12-4-3-10(7-13(12)22(2,18)19)14(17)15-6-5-11-8-21-9-16-11/h3-4,7-9H,5-6H2,1-2H3,(H,15,17). The maximum atomic E-state index is 12.1. The summed E-state index contributed by atoms with van der Waals surface area (Å²) in [7, 11) is -2.08. The van der Waals surface area contributed by atoms with E-state index in [1.807, 2.05) is 5.38 Å². The SMILES string of the molecule is COc1ccc(C(=O)NCCc2cscn2)cc1S(C)(=O)=O. The molecule has 0 atom stereocenters. The highest BCUT2D eigenvalue weighted by Gasteiger charge is 2.17. The van der Waals surface area contributed by atoms with Gasteiger partial charge < -0.3 is 10.1 Å². The summed E-state index contributed by atoms with van der Waals surface area (Å²) in [5.74, 6) is -0.107. The average molecular weight is 340 g/mol. The molecule has 0 aliphatic heterocycles. The number of methoxy groups -OCH3 is 1. The number of aromatic nitrogens is 1. The molecule has 1 heterocycles. The molecule has 2 aromatic rings. The average Bonchev–Trinajstić information content (AvgIpc) is 2.98. The van der Waals surface area contributed by atoms with E-state index in [1.165, 1.54) is 36.6 Å². The van der Waals surface area contributed by atoms with Crippen LogP contribution in [-0.2, 0) is 16.3 Å². The van der Waals surface area contributed by atoms with Crippen LogP contribution < -0.4 is 10.1 Å². The predicted molar refractivity (Wildman–Crippen MR) is 84.3 cm³/mol. The van der Waals surface area contributed by atoms with Crippen molar-refractivity contribution in [1.82, 2.24) is 10.3 Å². The Kier molecular flexibility index (Phi) is 5.15. The van der Waals surface area contributed by atoms with E-state index >= 15 is 0 Å². The zero-order chi connectivity index (χ0) is 16.2. The molecule has 0 aliphatic carbocycles. The molecule has 1 aromatic heterocycles. The molecule has 8 heteroatoms. The van der Waals surface area contributed by atoms with Gasteiger partial charge in [0.2, 0.25) is 0 Å². The second-order valence-corrected chi connectivity index (χ2v) is 7.33. The number of thiazole rings is 1. The van der Waals surface area contributed by atoms with Crippen LogP contribution in [-0.4, -0.2) is 39.2 Å². The maximum absolute atomic E-state index is 12.1. The highest BCUT2D eigenvalue weighted by atomic mass is 32.2. The van der Waals surface area contributed by atoms with E-state index in [-0.39, 0.29) is 22.1 Å². The summed E-state index contributed by atoms with van der Waals surface area (Å²) in [6.45, 7) is 0.433. The quantitative estimate of drug-likeness (QED) is 0.862. The lowest BCUT2D eigenvalue weighted by molar-refractivity contribution is 0.0954. The van der Waals surface area contributed by atoms with E-state index in [1.54, 1.807) is 5.51 Å². The largest absolute Gasteiger partial charge is 0.495 e. The molecule has 0 bridgehead atoms. The summed E-state index contributed by atoms with van der Waals surface area (Å²) in [6, 6.07) is 4.34. The minimum Gasteiger partial charge on any atom is -0.495 e. The molecule has 1 amide bonds. The number of nitrogens with one attached hydrogen (secondary N) is 1.